The van der Waals surface area contributed by atoms with Gasteiger partial charge in [-0.25, -0.2) is 4.98 Å². The van der Waals surface area contributed by atoms with Gasteiger partial charge in [-0.1, -0.05) is 13.8 Å². The number of nitrogens with one attached hydrogen (secondary N) is 2. The number of nitrogen functional groups attached to an aromatic ring is 1. The first-order valence-corrected chi connectivity index (χ1v) is 5.38. The van der Waals surface area contributed by atoms with E-state index in [9.17, 15) is 9.59 Å². The molecule has 0 aliphatic heterocycles. The van der Waals surface area contributed by atoms with Crippen molar-refractivity contribution in [3.05, 3.63) is 16.2 Å². The van der Waals surface area contributed by atoms with Gasteiger partial charge in [0.05, 0.1) is 5.92 Å². The molecule has 0 saturated heterocycles. The maximum Gasteiger partial charge on any atom is 0.306 e. The summed E-state index contributed by atoms with van der Waals surface area (Å²) < 4.78 is 0. The molecule has 8 heteroatoms. The third kappa shape index (κ3) is 1.92. The first-order chi connectivity index (χ1) is 8.40. The second kappa shape index (κ2) is 4.13. The van der Waals surface area contributed by atoms with Crippen molar-refractivity contribution in [3.8, 4) is 0 Å². The number of nitrogens with zero attached hydrogens (tertiary/aromatic N) is 2. The summed E-state index contributed by atoms with van der Waals surface area (Å²) in [5.74, 6) is -1.53. The van der Waals surface area contributed by atoms with E-state index < -0.39 is 17.4 Å². The molecule has 2 aromatic rings. The Morgan fingerprint density at radius 3 is 2.61 bits per heavy atom. The highest BCUT2D eigenvalue weighted by Gasteiger charge is 2.24. The summed E-state index contributed by atoms with van der Waals surface area (Å²) in [7, 11) is 0. The lowest BCUT2D eigenvalue weighted by atomic mass is 9.96. The lowest BCUT2D eigenvalue weighted by Crippen LogP contribution is -2.17. The topological polar surface area (TPSA) is 138 Å². The van der Waals surface area contributed by atoms with Gasteiger partial charge in [0.15, 0.2) is 11.2 Å². The number of aromatic amines is 2. The van der Waals surface area contributed by atoms with Crippen molar-refractivity contribution < 1.29 is 9.90 Å². The quantitative estimate of drug-likeness (QED) is 0.608. The number of rotatable bonds is 3. The molecule has 2 atom stereocenters. The van der Waals surface area contributed by atoms with Gasteiger partial charge in [-0.3, -0.25) is 14.6 Å². The van der Waals surface area contributed by atoms with E-state index in [4.69, 9.17) is 10.8 Å². The number of aromatic nitrogens is 4. The number of imidazole rings is 1. The molecule has 2 aromatic heterocycles. The smallest absolute Gasteiger partial charge is 0.306 e. The summed E-state index contributed by atoms with van der Waals surface area (Å²) in [4.78, 5) is 35.6. The van der Waals surface area contributed by atoms with E-state index in [1.54, 1.807) is 13.8 Å². The van der Waals surface area contributed by atoms with Gasteiger partial charge in [-0.05, 0) is 0 Å². The fraction of sp³-hybridized carbons (Fsp3) is 0.400. The number of fused-ring (bicyclic) bond motifs is 1. The third-order valence-corrected chi connectivity index (χ3v) is 2.97. The van der Waals surface area contributed by atoms with Gasteiger partial charge in [0.2, 0.25) is 5.95 Å². The Balaban J connectivity index is 2.51. The van der Waals surface area contributed by atoms with Crippen molar-refractivity contribution in [2.24, 2.45) is 5.92 Å². The number of carboxylic acids is 1. The molecule has 96 valence electrons. The van der Waals surface area contributed by atoms with E-state index in [-0.39, 0.29) is 23.0 Å². The van der Waals surface area contributed by atoms with Crippen LogP contribution in [0.2, 0.25) is 0 Å². The van der Waals surface area contributed by atoms with Crippen molar-refractivity contribution in [1.29, 1.82) is 0 Å². The number of anilines is 1. The van der Waals surface area contributed by atoms with E-state index in [1.165, 1.54) is 0 Å². The molecule has 18 heavy (non-hydrogen) atoms. The number of hydrogen-bond donors (Lipinski definition) is 4. The van der Waals surface area contributed by atoms with Gasteiger partial charge < -0.3 is 15.8 Å². The maximum atomic E-state index is 11.6. The van der Waals surface area contributed by atoms with Crippen LogP contribution < -0.4 is 11.3 Å². The normalized spacial score (nSPS) is 14.6. The lowest BCUT2D eigenvalue weighted by molar-refractivity contribution is -0.141. The van der Waals surface area contributed by atoms with Gasteiger partial charge in [0, 0.05) is 5.92 Å². The monoisotopic (exact) mass is 251 g/mol. The molecule has 5 N–H and O–H groups in total. The molecule has 0 aliphatic carbocycles. The molecule has 0 amide bonds. The molecular weight excluding hydrogens is 238 g/mol. The third-order valence-electron chi connectivity index (χ3n) is 2.97. The molecule has 0 bridgehead atoms. The summed E-state index contributed by atoms with van der Waals surface area (Å²) in [6, 6.07) is 0. The molecule has 0 spiro atoms. The Kier molecular flexibility index (Phi) is 2.77. The molecular formula is C10H13N5O3. The molecule has 2 rings (SSSR count). The van der Waals surface area contributed by atoms with Gasteiger partial charge in [0.25, 0.3) is 5.56 Å². The molecule has 2 heterocycles. The van der Waals surface area contributed by atoms with Crippen LogP contribution in [0.15, 0.2) is 4.79 Å². The predicted molar refractivity (Wildman–Crippen MR) is 64.1 cm³/mol. The molecule has 8 nitrogen and oxygen atoms in total. The molecule has 0 fully saturated rings. The second-order valence-electron chi connectivity index (χ2n) is 4.19. The molecule has 0 radical (unpaired) electrons. The molecule has 2 unspecified atom stereocenters. The van der Waals surface area contributed by atoms with E-state index in [2.05, 4.69) is 19.9 Å². The summed E-state index contributed by atoms with van der Waals surface area (Å²) in [6.07, 6.45) is 0. The Labute approximate surface area is 101 Å². The Hall–Kier alpha value is -2.38. The van der Waals surface area contributed by atoms with Gasteiger partial charge in [0.1, 0.15) is 5.82 Å². The minimum atomic E-state index is -0.927. The van der Waals surface area contributed by atoms with Gasteiger partial charge >= 0.3 is 5.97 Å². The minimum absolute atomic E-state index is 0.0236. The van der Waals surface area contributed by atoms with Crippen LogP contribution >= 0.6 is 0 Å². The zero-order valence-electron chi connectivity index (χ0n) is 9.89. The number of H-pyrrole nitrogens is 2. The summed E-state index contributed by atoms with van der Waals surface area (Å²) in [6.45, 7) is 3.29. The highest BCUT2D eigenvalue weighted by atomic mass is 16.4. The zero-order valence-corrected chi connectivity index (χ0v) is 9.89. The lowest BCUT2D eigenvalue weighted by Gasteiger charge is -2.12. The van der Waals surface area contributed by atoms with E-state index in [0.29, 0.717) is 5.82 Å². The summed E-state index contributed by atoms with van der Waals surface area (Å²) in [5, 5.41) is 8.94. The van der Waals surface area contributed by atoms with Crippen LogP contribution in [0.1, 0.15) is 25.6 Å². The van der Waals surface area contributed by atoms with Crippen molar-refractivity contribution in [2.75, 3.05) is 5.73 Å². The van der Waals surface area contributed by atoms with Crippen molar-refractivity contribution in [2.45, 2.75) is 19.8 Å². The number of aliphatic carboxylic acids is 1. The van der Waals surface area contributed by atoms with E-state index in [0.717, 1.165) is 0 Å². The van der Waals surface area contributed by atoms with Crippen LogP contribution in [0.25, 0.3) is 11.2 Å². The highest BCUT2D eigenvalue weighted by molar-refractivity contribution is 5.72. The SMILES string of the molecule is CC(C(=O)O)C(C)c1nc2nc(N)[nH]c(=O)c2[nH]1. The van der Waals surface area contributed by atoms with Crippen LogP contribution in [-0.4, -0.2) is 31.0 Å². The van der Waals surface area contributed by atoms with Crippen LogP contribution in [0.5, 0.6) is 0 Å². The number of nitrogens with two attached hydrogens (primary N) is 1. The summed E-state index contributed by atoms with van der Waals surface area (Å²) >= 11 is 0. The molecule has 0 aliphatic rings. The van der Waals surface area contributed by atoms with Crippen LogP contribution in [0, 0.1) is 5.92 Å². The van der Waals surface area contributed by atoms with Crippen LogP contribution in [0.3, 0.4) is 0 Å². The fourth-order valence-electron chi connectivity index (χ4n) is 1.61. The standard InChI is InChI=1S/C10H13N5O3/c1-3(4(2)9(17)18)6-12-5-7(13-6)14-10(11)15-8(5)16/h3-4H,1-2H3,(H,17,18)(H4,11,12,13,14,15,16). The molecule has 0 aromatic carbocycles. The van der Waals surface area contributed by atoms with Crippen LogP contribution in [0.4, 0.5) is 5.95 Å². The zero-order chi connectivity index (χ0) is 13.4. The summed E-state index contributed by atoms with van der Waals surface area (Å²) in [5.41, 5.74) is 5.37. The average molecular weight is 251 g/mol. The Morgan fingerprint density at radius 2 is 2.00 bits per heavy atom. The number of hydrogen-bond acceptors (Lipinski definition) is 5. The Bertz CT molecular complexity index is 659. The minimum Gasteiger partial charge on any atom is -0.481 e. The number of carboxylic acid groups (broad SMARTS) is 1. The maximum absolute atomic E-state index is 11.6. The Morgan fingerprint density at radius 1 is 1.33 bits per heavy atom. The van der Waals surface area contributed by atoms with Crippen molar-refractivity contribution in [1.82, 2.24) is 19.9 Å². The first kappa shape index (κ1) is 12.1. The fourth-order valence-corrected chi connectivity index (χ4v) is 1.61. The van der Waals surface area contributed by atoms with Gasteiger partial charge in [-0.2, -0.15) is 4.98 Å². The van der Waals surface area contributed by atoms with E-state index >= 15 is 0 Å². The molecule has 0 saturated carbocycles. The second-order valence-corrected chi connectivity index (χ2v) is 4.19. The highest BCUT2D eigenvalue weighted by Crippen LogP contribution is 2.22. The van der Waals surface area contributed by atoms with Crippen molar-refractivity contribution >= 4 is 23.1 Å². The first-order valence-electron chi connectivity index (χ1n) is 5.38. The number of carbonyl (C=O) groups is 1. The van der Waals surface area contributed by atoms with Gasteiger partial charge in [-0.15, -0.1) is 0 Å². The van der Waals surface area contributed by atoms with Crippen molar-refractivity contribution in [3.63, 3.8) is 0 Å². The van der Waals surface area contributed by atoms with E-state index in [1.807, 2.05) is 0 Å². The predicted octanol–water partition coefficient (Wildman–Crippen LogP) is 0.0526. The average Bonchev–Trinajstić information content (AvgIpc) is 2.70. The van der Waals surface area contributed by atoms with Crippen LogP contribution in [-0.2, 0) is 4.79 Å². The largest absolute Gasteiger partial charge is 0.481 e.